The van der Waals surface area contributed by atoms with E-state index >= 15 is 0 Å². The Morgan fingerprint density at radius 2 is 2.14 bits per heavy atom. The van der Waals surface area contributed by atoms with Crippen molar-refractivity contribution in [3.63, 3.8) is 0 Å². The van der Waals surface area contributed by atoms with Crippen LogP contribution in [-0.2, 0) is 11.3 Å². The second-order valence-electron chi connectivity index (χ2n) is 4.60. The minimum atomic E-state index is -0.820. The Morgan fingerprint density at radius 1 is 1.24 bits per heavy atom. The SMILES string of the molecule is O=C(O)CCCn1nnnc1-c1cccc2ncccc12. The number of aryl methyl sites for hydroxylation is 1. The van der Waals surface area contributed by atoms with Gasteiger partial charge in [0.15, 0.2) is 5.82 Å². The van der Waals surface area contributed by atoms with E-state index in [4.69, 9.17) is 5.11 Å². The summed E-state index contributed by atoms with van der Waals surface area (Å²) in [6, 6.07) is 9.60. The van der Waals surface area contributed by atoms with Gasteiger partial charge in [-0.15, -0.1) is 5.10 Å². The molecule has 0 fully saturated rings. The van der Waals surface area contributed by atoms with E-state index in [2.05, 4.69) is 20.5 Å². The van der Waals surface area contributed by atoms with Gasteiger partial charge in [0.25, 0.3) is 0 Å². The zero-order valence-corrected chi connectivity index (χ0v) is 11.2. The lowest BCUT2D eigenvalue weighted by atomic mass is 10.1. The average Bonchev–Trinajstić information content (AvgIpc) is 2.94. The first-order valence-electron chi connectivity index (χ1n) is 6.58. The summed E-state index contributed by atoms with van der Waals surface area (Å²) in [5, 5.41) is 21.4. The van der Waals surface area contributed by atoms with E-state index in [0.29, 0.717) is 18.8 Å². The molecule has 3 rings (SSSR count). The van der Waals surface area contributed by atoms with Gasteiger partial charge in [0.05, 0.1) is 5.52 Å². The van der Waals surface area contributed by atoms with Crippen molar-refractivity contribution in [1.82, 2.24) is 25.2 Å². The zero-order valence-electron chi connectivity index (χ0n) is 11.2. The normalized spacial score (nSPS) is 10.9. The molecule has 2 heterocycles. The number of carbonyl (C=O) groups is 1. The van der Waals surface area contributed by atoms with Crippen molar-refractivity contribution in [2.45, 2.75) is 19.4 Å². The number of pyridine rings is 1. The minimum absolute atomic E-state index is 0.0936. The summed E-state index contributed by atoms with van der Waals surface area (Å²) in [5.41, 5.74) is 1.76. The summed E-state index contributed by atoms with van der Waals surface area (Å²) in [6.07, 6.45) is 2.31. The van der Waals surface area contributed by atoms with E-state index in [1.54, 1.807) is 10.9 Å². The van der Waals surface area contributed by atoms with Crippen LogP contribution < -0.4 is 0 Å². The first kappa shape index (κ1) is 13.2. The average molecular weight is 283 g/mol. The Kier molecular flexibility index (Phi) is 3.55. The predicted octanol–water partition coefficient (Wildman–Crippen LogP) is 1.75. The van der Waals surface area contributed by atoms with Crippen LogP contribution in [0.25, 0.3) is 22.3 Å². The number of hydrogen-bond acceptors (Lipinski definition) is 5. The van der Waals surface area contributed by atoms with Gasteiger partial charge in [-0.05, 0) is 29.0 Å². The zero-order chi connectivity index (χ0) is 14.7. The number of benzene rings is 1. The molecule has 1 aromatic carbocycles. The minimum Gasteiger partial charge on any atom is -0.481 e. The van der Waals surface area contributed by atoms with Crippen molar-refractivity contribution in [2.24, 2.45) is 0 Å². The molecule has 0 spiro atoms. The fraction of sp³-hybridized carbons (Fsp3) is 0.214. The standard InChI is InChI=1S/C14H13N5O2/c20-13(21)7-3-9-19-14(16-17-18-19)11-4-1-6-12-10(11)5-2-8-15-12/h1-2,4-6,8H,3,7,9H2,(H,20,21). The van der Waals surface area contributed by atoms with Crippen LogP contribution in [0.15, 0.2) is 36.5 Å². The summed E-state index contributed by atoms with van der Waals surface area (Å²) in [5.74, 6) is -0.196. The van der Waals surface area contributed by atoms with Crippen LogP contribution >= 0.6 is 0 Å². The van der Waals surface area contributed by atoms with Crippen LogP contribution in [0.1, 0.15) is 12.8 Å². The van der Waals surface area contributed by atoms with E-state index in [9.17, 15) is 4.79 Å². The smallest absolute Gasteiger partial charge is 0.303 e. The van der Waals surface area contributed by atoms with Crippen LogP contribution in [0, 0.1) is 0 Å². The molecular weight excluding hydrogens is 270 g/mol. The van der Waals surface area contributed by atoms with Crippen LogP contribution in [0.5, 0.6) is 0 Å². The Labute approximate surface area is 120 Å². The maximum absolute atomic E-state index is 10.6. The first-order valence-corrected chi connectivity index (χ1v) is 6.58. The summed E-state index contributed by atoms with van der Waals surface area (Å²) in [4.78, 5) is 14.9. The Hall–Kier alpha value is -2.83. The molecule has 0 bridgehead atoms. The van der Waals surface area contributed by atoms with Gasteiger partial charge in [0.2, 0.25) is 0 Å². The lowest BCUT2D eigenvalue weighted by Gasteiger charge is -2.06. The number of carboxylic acid groups (broad SMARTS) is 1. The topological polar surface area (TPSA) is 93.8 Å². The molecule has 3 aromatic rings. The van der Waals surface area contributed by atoms with Gasteiger partial charge in [0, 0.05) is 30.1 Å². The number of nitrogens with zero attached hydrogens (tertiary/aromatic N) is 5. The quantitative estimate of drug-likeness (QED) is 0.766. The largest absolute Gasteiger partial charge is 0.481 e. The van der Waals surface area contributed by atoms with Crippen molar-refractivity contribution in [3.05, 3.63) is 36.5 Å². The molecule has 0 aliphatic heterocycles. The molecule has 2 aromatic heterocycles. The third kappa shape index (κ3) is 2.71. The second-order valence-corrected chi connectivity index (χ2v) is 4.60. The van der Waals surface area contributed by atoms with Crippen LogP contribution in [-0.4, -0.2) is 36.3 Å². The van der Waals surface area contributed by atoms with Gasteiger partial charge in [-0.1, -0.05) is 18.2 Å². The molecule has 7 nitrogen and oxygen atoms in total. The third-order valence-corrected chi connectivity index (χ3v) is 3.18. The van der Waals surface area contributed by atoms with Crippen LogP contribution in [0.2, 0.25) is 0 Å². The lowest BCUT2D eigenvalue weighted by molar-refractivity contribution is -0.137. The van der Waals surface area contributed by atoms with E-state index in [-0.39, 0.29) is 6.42 Å². The van der Waals surface area contributed by atoms with Gasteiger partial charge in [-0.2, -0.15) is 0 Å². The Balaban J connectivity index is 1.96. The summed E-state index contributed by atoms with van der Waals surface area (Å²) >= 11 is 0. The number of aromatic nitrogens is 5. The van der Waals surface area contributed by atoms with E-state index < -0.39 is 5.97 Å². The molecule has 0 saturated heterocycles. The molecule has 21 heavy (non-hydrogen) atoms. The molecule has 0 unspecified atom stereocenters. The van der Waals surface area contributed by atoms with E-state index in [0.717, 1.165) is 16.5 Å². The third-order valence-electron chi connectivity index (χ3n) is 3.18. The van der Waals surface area contributed by atoms with Crippen molar-refractivity contribution in [2.75, 3.05) is 0 Å². The molecule has 106 valence electrons. The maximum atomic E-state index is 10.6. The number of fused-ring (bicyclic) bond motifs is 1. The summed E-state index contributed by atoms with van der Waals surface area (Å²) in [7, 11) is 0. The van der Waals surface area contributed by atoms with Crippen molar-refractivity contribution in [1.29, 1.82) is 0 Å². The van der Waals surface area contributed by atoms with Crippen LogP contribution in [0.4, 0.5) is 0 Å². The molecule has 0 aliphatic carbocycles. The van der Waals surface area contributed by atoms with Crippen LogP contribution in [0.3, 0.4) is 0 Å². The highest BCUT2D eigenvalue weighted by Gasteiger charge is 2.12. The highest BCUT2D eigenvalue weighted by molar-refractivity contribution is 5.92. The maximum Gasteiger partial charge on any atom is 0.303 e. The van der Waals surface area contributed by atoms with Crippen molar-refractivity contribution >= 4 is 16.9 Å². The number of rotatable bonds is 5. The summed E-state index contributed by atoms with van der Waals surface area (Å²) < 4.78 is 1.63. The molecule has 0 aliphatic rings. The monoisotopic (exact) mass is 283 g/mol. The molecule has 7 heteroatoms. The molecule has 0 saturated carbocycles. The van der Waals surface area contributed by atoms with Gasteiger partial charge >= 0.3 is 5.97 Å². The summed E-state index contributed by atoms with van der Waals surface area (Å²) in [6.45, 7) is 0.464. The molecule has 0 atom stereocenters. The van der Waals surface area contributed by atoms with E-state index in [1.165, 1.54) is 0 Å². The number of hydrogen-bond donors (Lipinski definition) is 1. The fourth-order valence-corrected chi connectivity index (χ4v) is 2.23. The molecule has 0 radical (unpaired) electrons. The highest BCUT2D eigenvalue weighted by Crippen LogP contribution is 2.25. The van der Waals surface area contributed by atoms with Crippen molar-refractivity contribution in [3.8, 4) is 11.4 Å². The van der Waals surface area contributed by atoms with Gasteiger partial charge in [0.1, 0.15) is 0 Å². The van der Waals surface area contributed by atoms with Gasteiger partial charge in [-0.3, -0.25) is 9.78 Å². The van der Waals surface area contributed by atoms with Crippen molar-refractivity contribution < 1.29 is 9.90 Å². The molecule has 1 N–H and O–H groups in total. The lowest BCUT2D eigenvalue weighted by Crippen LogP contribution is -2.05. The second kappa shape index (κ2) is 5.66. The van der Waals surface area contributed by atoms with Gasteiger partial charge < -0.3 is 5.11 Å². The van der Waals surface area contributed by atoms with Gasteiger partial charge in [-0.25, -0.2) is 4.68 Å². The predicted molar refractivity (Wildman–Crippen MR) is 75.4 cm³/mol. The highest BCUT2D eigenvalue weighted by atomic mass is 16.4. The fourth-order valence-electron chi connectivity index (χ4n) is 2.23. The molecular formula is C14H13N5O2. The number of carboxylic acids is 1. The Morgan fingerprint density at radius 3 is 3.00 bits per heavy atom. The Bertz CT molecular complexity index is 778. The van der Waals surface area contributed by atoms with E-state index in [1.807, 2.05) is 30.3 Å². The number of tetrazole rings is 1. The number of aliphatic carboxylic acids is 1. The molecule has 0 amide bonds. The first-order chi connectivity index (χ1) is 10.3.